The van der Waals surface area contributed by atoms with Crippen LogP contribution in [0.4, 0.5) is 5.69 Å². The van der Waals surface area contributed by atoms with E-state index >= 15 is 0 Å². The Kier molecular flexibility index (Phi) is 4.22. The summed E-state index contributed by atoms with van der Waals surface area (Å²) >= 11 is 8.35. The van der Waals surface area contributed by atoms with E-state index in [1.165, 1.54) is 33.2 Å². The lowest BCUT2D eigenvalue weighted by molar-refractivity contribution is 0.678. The number of hydrogen-bond donors (Lipinski definition) is 1. The zero-order chi connectivity index (χ0) is 14.1. The summed E-state index contributed by atoms with van der Waals surface area (Å²) < 4.78 is 1.28. The van der Waals surface area contributed by atoms with Crippen LogP contribution in [0.2, 0.25) is 5.02 Å². The number of anilines is 1. The molecule has 0 aliphatic heterocycles. The Morgan fingerprint density at radius 2 is 1.85 bits per heavy atom. The molecule has 1 fully saturated rings. The maximum Gasteiger partial charge on any atom is 0.0542 e. The molecule has 0 bridgehead atoms. The second-order valence-corrected chi connectivity index (χ2v) is 7.15. The molecule has 20 heavy (non-hydrogen) atoms. The molecule has 1 atom stereocenters. The zero-order valence-corrected chi connectivity index (χ0v) is 14.3. The quantitative estimate of drug-likeness (QED) is 0.641. The summed E-state index contributed by atoms with van der Waals surface area (Å²) in [5.41, 5.74) is 3.86. The summed E-state index contributed by atoms with van der Waals surface area (Å²) in [5, 5.41) is 4.53. The molecule has 1 saturated carbocycles. The molecule has 2 aromatic rings. The standard InChI is InChI=1S/C17H17ClIN/c1-11-10-15(19)8-9-16(11)20-17(12-2-3-12)13-4-6-14(18)7-5-13/h4-10,12,17,20H,2-3H2,1H3. The van der Waals surface area contributed by atoms with Crippen molar-refractivity contribution in [1.82, 2.24) is 0 Å². The van der Waals surface area contributed by atoms with Crippen molar-refractivity contribution in [2.24, 2.45) is 5.92 Å². The van der Waals surface area contributed by atoms with E-state index in [1.807, 2.05) is 12.1 Å². The molecule has 3 heteroatoms. The number of nitrogens with one attached hydrogen (secondary N) is 1. The molecule has 0 saturated heterocycles. The average molecular weight is 398 g/mol. The lowest BCUT2D eigenvalue weighted by atomic mass is 10.0. The topological polar surface area (TPSA) is 12.0 Å². The van der Waals surface area contributed by atoms with Gasteiger partial charge in [-0.3, -0.25) is 0 Å². The second kappa shape index (κ2) is 5.94. The number of rotatable bonds is 4. The molecule has 3 rings (SSSR count). The molecule has 0 heterocycles. The van der Waals surface area contributed by atoms with Crippen molar-refractivity contribution >= 4 is 39.9 Å². The molecule has 0 amide bonds. The Morgan fingerprint density at radius 3 is 2.45 bits per heavy atom. The van der Waals surface area contributed by atoms with Gasteiger partial charge in [-0.05, 0) is 89.7 Å². The van der Waals surface area contributed by atoms with Crippen molar-refractivity contribution in [1.29, 1.82) is 0 Å². The molecule has 0 aromatic heterocycles. The maximum atomic E-state index is 5.99. The number of aryl methyl sites for hydroxylation is 1. The van der Waals surface area contributed by atoms with Gasteiger partial charge in [-0.2, -0.15) is 0 Å². The van der Waals surface area contributed by atoms with Gasteiger partial charge in [0.1, 0.15) is 0 Å². The summed E-state index contributed by atoms with van der Waals surface area (Å²) in [4.78, 5) is 0. The van der Waals surface area contributed by atoms with E-state index in [1.54, 1.807) is 0 Å². The SMILES string of the molecule is Cc1cc(I)ccc1NC(c1ccc(Cl)cc1)C1CC1. The van der Waals surface area contributed by atoms with E-state index in [0.29, 0.717) is 6.04 Å². The van der Waals surface area contributed by atoms with E-state index < -0.39 is 0 Å². The third-order valence-electron chi connectivity index (χ3n) is 3.82. The highest BCUT2D eigenvalue weighted by molar-refractivity contribution is 14.1. The van der Waals surface area contributed by atoms with Gasteiger partial charge < -0.3 is 5.32 Å². The molecule has 1 N–H and O–H groups in total. The van der Waals surface area contributed by atoms with Gasteiger partial charge in [-0.25, -0.2) is 0 Å². The fourth-order valence-electron chi connectivity index (χ4n) is 2.53. The van der Waals surface area contributed by atoms with Crippen LogP contribution in [0.1, 0.15) is 30.0 Å². The first kappa shape index (κ1) is 14.2. The van der Waals surface area contributed by atoms with Crippen molar-refractivity contribution in [2.45, 2.75) is 25.8 Å². The van der Waals surface area contributed by atoms with Crippen LogP contribution in [0.5, 0.6) is 0 Å². The van der Waals surface area contributed by atoms with Crippen LogP contribution in [0.15, 0.2) is 42.5 Å². The molecule has 1 unspecified atom stereocenters. The minimum absolute atomic E-state index is 0.394. The van der Waals surface area contributed by atoms with E-state index in [0.717, 1.165) is 10.9 Å². The second-order valence-electron chi connectivity index (χ2n) is 5.47. The molecule has 1 aliphatic carbocycles. The van der Waals surface area contributed by atoms with Crippen molar-refractivity contribution < 1.29 is 0 Å². The summed E-state index contributed by atoms with van der Waals surface area (Å²) in [6.45, 7) is 2.16. The predicted octanol–water partition coefficient (Wildman–Crippen LogP) is 5.82. The average Bonchev–Trinajstić information content (AvgIpc) is 3.24. The van der Waals surface area contributed by atoms with E-state index in [2.05, 4.69) is 65.2 Å². The summed E-state index contributed by atoms with van der Waals surface area (Å²) in [6, 6.07) is 15.2. The highest BCUT2D eigenvalue weighted by atomic mass is 127. The third-order valence-corrected chi connectivity index (χ3v) is 4.74. The Balaban J connectivity index is 1.86. The first-order valence-electron chi connectivity index (χ1n) is 6.91. The Bertz CT molecular complexity index is 605. The fourth-order valence-corrected chi connectivity index (χ4v) is 3.30. The zero-order valence-electron chi connectivity index (χ0n) is 11.4. The van der Waals surface area contributed by atoms with Crippen LogP contribution in [0, 0.1) is 16.4 Å². The van der Waals surface area contributed by atoms with Crippen molar-refractivity contribution in [2.75, 3.05) is 5.32 Å². The highest BCUT2D eigenvalue weighted by Gasteiger charge is 2.32. The first-order chi connectivity index (χ1) is 9.63. The highest BCUT2D eigenvalue weighted by Crippen LogP contribution is 2.43. The monoisotopic (exact) mass is 397 g/mol. The van der Waals surface area contributed by atoms with Gasteiger partial charge in [-0.15, -0.1) is 0 Å². The van der Waals surface area contributed by atoms with Crippen LogP contribution >= 0.6 is 34.2 Å². The molecule has 1 aliphatic rings. The largest absolute Gasteiger partial charge is 0.378 e. The van der Waals surface area contributed by atoms with Crippen LogP contribution in [0.25, 0.3) is 0 Å². The van der Waals surface area contributed by atoms with Crippen molar-refractivity contribution in [3.05, 3.63) is 62.2 Å². The van der Waals surface area contributed by atoms with Crippen LogP contribution in [-0.2, 0) is 0 Å². The normalized spacial score (nSPS) is 15.9. The summed E-state index contributed by atoms with van der Waals surface area (Å²) in [5.74, 6) is 0.745. The smallest absolute Gasteiger partial charge is 0.0542 e. The minimum atomic E-state index is 0.394. The molecule has 0 radical (unpaired) electrons. The van der Waals surface area contributed by atoms with E-state index in [9.17, 15) is 0 Å². The number of halogens is 2. The van der Waals surface area contributed by atoms with E-state index in [-0.39, 0.29) is 0 Å². The van der Waals surface area contributed by atoms with Gasteiger partial charge in [-0.1, -0.05) is 23.7 Å². The Labute approximate surface area is 138 Å². The van der Waals surface area contributed by atoms with Crippen LogP contribution < -0.4 is 5.32 Å². The predicted molar refractivity (Wildman–Crippen MR) is 94.4 cm³/mol. The van der Waals surface area contributed by atoms with E-state index in [4.69, 9.17) is 11.6 Å². The molecule has 1 nitrogen and oxygen atoms in total. The number of hydrogen-bond acceptors (Lipinski definition) is 1. The van der Waals surface area contributed by atoms with Gasteiger partial charge in [0.25, 0.3) is 0 Å². The van der Waals surface area contributed by atoms with Gasteiger partial charge in [0.15, 0.2) is 0 Å². The van der Waals surface area contributed by atoms with Gasteiger partial charge in [0.2, 0.25) is 0 Å². The van der Waals surface area contributed by atoms with Crippen molar-refractivity contribution in [3.63, 3.8) is 0 Å². The van der Waals surface area contributed by atoms with Crippen LogP contribution in [-0.4, -0.2) is 0 Å². The Morgan fingerprint density at radius 1 is 1.15 bits per heavy atom. The molecular weight excluding hydrogens is 381 g/mol. The summed E-state index contributed by atoms with van der Waals surface area (Å²) in [7, 11) is 0. The Hall–Kier alpha value is -0.740. The lowest BCUT2D eigenvalue weighted by Crippen LogP contribution is -2.13. The van der Waals surface area contributed by atoms with Crippen LogP contribution in [0.3, 0.4) is 0 Å². The van der Waals surface area contributed by atoms with Gasteiger partial charge in [0, 0.05) is 14.3 Å². The molecule has 104 valence electrons. The lowest BCUT2D eigenvalue weighted by Gasteiger charge is -2.21. The molecule has 0 spiro atoms. The maximum absolute atomic E-state index is 5.99. The minimum Gasteiger partial charge on any atom is -0.378 e. The molecule has 2 aromatic carbocycles. The fraction of sp³-hybridized carbons (Fsp3) is 0.294. The molecular formula is C17H17ClIN. The van der Waals surface area contributed by atoms with Crippen molar-refractivity contribution in [3.8, 4) is 0 Å². The number of benzene rings is 2. The third kappa shape index (κ3) is 3.29. The summed E-state index contributed by atoms with van der Waals surface area (Å²) in [6.07, 6.45) is 2.62. The van der Waals surface area contributed by atoms with Gasteiger partial charge in [0.05, 0.1) is 6.04 Å². The van der Waals surface area contributed by atoms with Gasteiger partial charge >= 0.3 is 0 Å². The first-order valence-corrected chi connectivity index (χ1v) is 8.37.